The van der Waals surface area contributed by atoms with Crippen LogP contribution in [0.4, 0.5) is 0 Å². The molecule has 0 saturated heterocycles. The number of unbranched alkanes of at least 4 members (excludes halogenated alkanes) is 15. The number of sulfonamides is 1. The largest absolute Gasteiger partial charge is 0.229 e. The minimum Gasteiger partial charge on any atom is -0.229 e. The van der Waals surface area contributed by atoms with E-state index in [2.05, 4.69) is 13.8 Å². The molecular weight excluding hydrogens is 330 g/mol. The van der Waals surface area contributed by atoms with Crippen molar-refractivity contribution in [3.63, 3.8) is 0 Å². The summed E-state index contributed by atoms with van der Waals surface area (Å²) in [6, 6.07) is 0. The van der Waals surface area contributed by atoms with E-state index in [9.17, 15) is 8.42 Å². The van der Waals surface area contributed by atoms with Crippen LogP contribution >= 0.6 is 0 Å². The predicted molar refractivity (Wildman–Crippen MR) is 113 cm³/mol. The quantitative estimate of drug-likeness (QED) is 0.279. The normalized spacial score (nSPS) is 11.2. The van der Waals surface area contributed by atoms with Crippen molar-refractivity contribution in [2.45, 2.75) is 130 Å². The van der Waals surface area contributed by atoms with Crippen molar-refractivity contribution in [1.82, 2.24) is 0 Å². The van der Waals surface area contributed by atoms with Crippen LogP contribution in [0.3, 0.4) is 0 Å². The lowest BCUT2D eigenvalue weighted by atomic mass is 10.0. The second kappa shape index (κ2) is 22.0. The summed E-state index contributed by atoms with van der Waals surface area (Å²) in [6.45, 7) is 6.60. The van der Waals surface area contributed by atoms with E-state index in [1.807, 2.05) is 6.92 Å². The lowest BCUT2D eigenvalue weighted by Crippen LogP contribution is -2.16. The standard InChI is InChI=1S/C16H34.C5H13NO2S/c1-3-5-7-9-11-13-15-16-14-12-10-8-6-4-2;1-2-3-4-5-9(6,7)8/h3-16H2,1-2H3;2-5H2,1H3,(H2,6,7,8). The molecule has 25 heavy (non-hydrogen) atoms. The molecule has 0 saturated carbocycles. The maximum atomic E-state index is 10.3. The molecule has 4 heteroatoms. The molecule has 3 nitrogen and oxygen atoms in total. The van der Waals surface area contributed by atoms with E-state index in [4.69, 9.17) is 5.14 Å². The minimum atomic E-state index is -3.20. The van der Waals surface area contributed by atoms with Gasteiger partial charge < -0.3 is 0 Å². The van der Waals surface area contributed by atoms with E-state index in [1.54, 1.807) is 0 Å². The van der Waals surface area contributed by atoms with Crippen LogP contribution in [0.15, 0.2) is 0 Å². The SMILES string of the molecule is CCCCCCCCCCCCCCCC.CCCCCS(N)(=O)=O. The lowest BCUT2D eigenvalue weighted by molar-refractivity contribution is 0.538. The van der Waals surface area contributed by atoms with Gasteiger partial charge in [0.05, 0.1) is 5.75 Å². The molecule has 0 heterocycles. The second-order valence-electron chi connectivity index (χ2n) is 7.32. The van der Waals surface area contributed by atoms with Crippen molar-refractivity contribution in [2.24, 2.45) is 5.14 Å². The van der Waals surface area contributed by atoms with Crippen molar-refractivity contribution in [3.05, 3.63) is 0 Å². The van der Waals surface area contributed by atoms with Gasteiger partial charge in [-0.3, -0.25) is 0 Å². The Bertz CT molecular complexity index is 315. The summed E-state index contributed by atoms with van der Waals surface area (Å²) < 4.78 is 20.6. The van der Waals surface area contributed by atoms with Crippen LogP contribution in [0.1, 0.15) is 130 Å². The van der Waals surface area contributed by atoms with Crippen molar-refractivity contribution in [2.75, 3.05) is 5.75 Å². The van der Waals surface area contributed by atoms with Gasteiger partial charge in [-0.05, 0) is 6.42 Å². The van der Waals surface area contributed by atoms with Gasteiger partial charge in [-0.2, -0.15) is 0 Å². The molecule has 0 amide bonds. The van der Waals surface area contributed by atoms with Gasteiger partial charge in [-0.15, -0.1) is 0 Å². The smallest absolute Gasteiger partial charge is 0.209 e. The summed E-state index contributed by atoms with van der Waals surface area (Å²) in [5.74, 6) is 0.126. The number of nitrogens with two attached hydrogens (primary N) is 1. The average Bonchev–Trinajstić information content (AvgIpc) is 2.56. The van der Waals surface area contributed by atoms with Crippen molar-refractivity contribution in [1.29, 1.82) is 0 Å². The third-order valence-electron chi connectivity index (χ3n) is 4.49. The molecule has 154 valence electrons. The van der Waals surface area contributed by atoms with Crippen LogP contribution in [0.25, 0.3) is 0 Å². The summed E-state index contributed by atoms with van der Waals surface area (Å²) in [5, 5.41) is 4.75. The molecule has 0 unspecified atom stereocenters. The molecule has 0 aromatic rings. The zero-order valence-corrected chi connectivity index (χ0v) is 18.3. The molecule has 0 radical (unpaired) electrons. The van der Waals surface area contributed by atoms with Gasteiger partial charge in [0.15, 0.2) is 0 Å². The van der Waals surface area contributed by atoms with E-state index in [-0.39, 0.29) is 5.75 Å². The van der Waals surface area contributed by atoms with E-state index >= 15 is 0 Å². The van der Waals surface area contributed by atoms with Crippen LogP contribution in [-0.4, -0.2) is 14.2 Å². The molecular formula is C21H47NO2S. The van der Waals surface area contributed by atoms with Gasteiger partial charge in [-0.25, -0.2) is 13.6 Å². The van der Waals surface area contributed by atoms with E-state index < -0.39 is 10.0 Å². The average molecular weight is 378 g/mol. The van der Waals surface area contributed by atoms with E-state index in [1.165, 1.54) is 89.9 Å². The first kappa shape index (κ1) is 27.1. The van der Waals surface area contributed by atoms with Gasteiger partial charge in [0, 0.05) is 0 Å². The molecule has 0 aromatic carbocycles. The highest BCUT2D eigenvalue weighted by Gasteiger charge is 1.99. The first-order valence-corrected chi connectivity index (χ1v) is 12.7. The third-order valence-corrected chi connectivity index (χ3v) is 5.35. The predicted octanol–water partition coefficient (Wildman–Crippen LogP) is 6.95. The van der Waals surface area contributed by atoms with Crippen LogP contribution in [0.2, 0.25) is 0 Å². The Morgan fingerprint density at radius 2 is 0.720 bits per heavy atom. The maximum absolute atomic E-state index is 10.3. The third kappa shape index (κ3) is 32.1. The van der Waals surface area contributed by atoms with Crippen molar-refractivity contribution in [3.8, 4) is 0 Å². The number of rotatable bonds is 17. The van der Waals surface area contributed by atoms with Gasteiger partial charge in [0.1, 0.15) is 0 Å². The first-order chi connectivity index (χ1) is 12.0. The summed E-state index contributed by atoms with van der Waals surface area (Å²) in [7, 11) is -3.20. The topological polar surface area (TPSA) is 60.2 Å². The Morgan fingerprint density at radius 1 is 0.480 bits per heavy atom. The molecule has 2 N–H and O–H groups in total. The monoisotopic (exact) mass is 377 g/mol. The summed E-state index contributed by atoms with van der Waals surface area (Å²) >= 11 is 0. The highest BCUT2D eigenvalue weighted by molar-refractivity contribution is 7.89. The highest BCUT2D eigenvalue weighted by atomic mass is 32.2. The molecule has 0 aliphatic rings. The van der Waals surface area contributed by atoms with Crippen molar-refractivity contribution >= 4 is 10.0 Å². The molecule has 0 atom stereocenters. The van der Waals surface area contributed by atoms with Gasteiger partial charge >= 0.3 is 0 Å². The van der Waals surface area contributed by atoms with Gasteiger partial charge in [0.25, 0.3) is 0 Å². The highest BCUT2D eigenvalue weighted by Crippen LogP contribution is 2.12. The molecule has 0 spiro atoms. The van der Waals surface area contributed by atoms with Crippen LogP contribution < -0.4 is 5.14 Å². The van der Waals surface area contributed by atoms with Gasteiger partial charge in [0.2, 0.25) is 10.0 Å². The van der Waals surface area contributed by atoms with Crippen LogP contribution in [-0.2, 0) is 10.0 Å². The molecule has 0 fully saturated rings. The van der Waals surface area contributed by atoms with Gasteiger partial charge in [-0.1, -0.05) is 124 Å². The van der Waals surface area contributed by atoms with Crippen molar-refractivity contribution < 1.29 is 8.42 Å². The summed E-state index contributed by atoms with van der Waals surface area (Å²) in [6.07, 6.45) is 23.1. The fourth-order valence-corrected chi connectivity index (χ4v) is 3.43. The Labute approximate surface area is 159 Å². The number of hydrogen-bond donors (Lipinski definition) is 1. The lowest BCUT2D eigenvalue weighted by Gasteiger charge is -2.02. The second-order valence-corrected chi connectivity index (χ2v) is 9.05. The molecule has 0 aromatic heterocycles. The summed E-state index contributed by atoms with van der Waals surface area (Å²) in [4.78, 5) is 0. The molecule has 0 aliphatic carbocycles. The Balaban J connectivity index is 0. The zero-order valence-electron chi connectivity index (χ0n) is 17.5. The first-order valence-electron chi connectivity index (χ1n) is 11.0. The minimum absolute atomic E-state index is 0.126. The molecule has 0 rings (SSSR count). The Kier molecular flexibility index (Phi) is 23.8. The van der Waals surface area contributed by atoms with E-state index in [0.717, 1.165) is 12.8 Å². The summed E-state index contributed by atoms with van der Waals surface area (Å²) in [5.41, 5.74) is 0. The molecule has 0 aliphatic heterocycles. The van der Waals surface area contributed by atoms with Crippen LogP contribution in [0.5, 0.6) is 0 Å². The Hall–Kier alpha value is -0.0900. The Morgan fingerprint density at radius 3 is 0.960 bits per heavy atom. The fraction of sp³-hybridized carbons (Fsp3) is 1.00. The zero-order chi connectivity index (χ0) is 19.2. The fourth-order valence-electron chi connectivity index (χ4n) is 2.82. The molecule has 0 bridgehead atoms. The van der Waals surface area contributed by atoms with E-state index in [0.29, 0.717) is 6.42 Å². The number of primary sulfonamides is 1. The van der Waals surface area contributed by atoms with Crippen LogP contribution in [0, 0.1) is 0 Å². The maximum Gasteiger partial charge on any atom is 0.209 e. The number of hydrogen-bond acceptors (Lipinski definition) is 2.